The second kappa shape index (κ2) is 9.82. The Morgan fingerprint density at radius 1 is 1.26 bits per heavy atom. The van der Waals surface area contributed by atoms with Crippen LogP contribution in [0, 0.1) is 0 Å². The summed E-state index contributed by atoms with van der Waals surface area (Å²) >= 11 is 0. The molecule has 0 saturated carbocycles. The number of nitrogens with zero attached hydrogens (tertiary/aromatic N) is 1. The summed E-state index contributed by atoms with van der Waals surface area (Å²) in [6.07, 6.45) is 1.40. The molecule has 0 amide bonds. The van der Waals surface area contributed by atoms with E-state index in [1.54, 1.807) is 0 Å². The van der Waals surface area contributed by atoms with E-state index in [9.17, 15) is 0 Å². The smallest absolute Gasteiger partial charge is 0.119 e. The summed E-state index contributed by atoms with van der Waals surface area (Å²) in [6, 6.07) is 9.92. The minimum Gasteiger partial charge on any atom is -0.491 e. The van der Waals surface area contributed by atoms with Gasteiger partial charge in [-0.2, -0.15) is 0 Å². The van der Waals surface area contributed by atoms with Crippen molar-refractivity contribution in [2.24, 2.45) is 0 Å². The highest BCUT2D eigenvalue weighted by Crippen LogP contribution is 2.11. The van der Waals surface area contributed by atoms with Crippen LogP contribution < -0.4 is 4.74 Å². The van der Waals surface area contributed by atoms with Crippen molar-refractivity contribution in [1.82, 2.24) is 4.90 Å². The second-order valence-corrected chi connectivity index (χ2v) is 4.42. The molecule has 0 spiro atoms. The first-order valence-electron chi connectivity index (χ1n) is 7.40. The molecule has 1 unspecified atom stereocenters. The molecule has 0 aliphatic carbocycles. The zero-order valence-corrected chi connectivity index (χ0v) is 12.5. The predicted octanol–water partition coefficient (Wildman–Crippen LogP) is 3.20. The average Bonchev–Trinajstić information content (AvgIpc) is 2.49. The first kappa shape index (κ1) is 16.0. The molecule has 3 heteroatoms. The molecule has 0 bridgehead atoms. The first-order valence-corrected chi connectivity index (χ1v) is 7.40. The molecule has 1 aromatic carbocycles. The lowest BCUT2D eigenvalue weighted by atomic mass is 10.2. The summed E-state index contributed by atoms with van der Waals surface area (Å²) in [6.45, 7) is 10.9. The maximum atomic E-state index is 5.72. The van der Waals surface area contributed by atoms with Gasteiger partial charge in [0.2, 0.25) is 0 Å². The second-order valence-electron chi connectivity index (χ2n) is 4.42. The number of hydrogen-bond acceptors (Lipinski definition) is 3. The van der Waals surface area contributed by atoms with Gasteiger partial charge in [0.25, 0.3) is 0 Å². The quantitative estimate of drug-likeness (QED) is 0.816. The molecule has 1 aromatic rings. The number of morpholine rings is 1. The molecule has 1 aliphatic rings. The van der Waals surface area contributed by atoms with E-state index in [1.807, 2.05) is 44.2 Å². The van der Waals surface area contributed by atoms with Crippen LogP contribution >= 0.6 is 0 Å². The molecule has 0 aromatic heterocycles. The van der Waals surface area contributed by atoms with Crippen molar-refractivity contribution in [3.05, 3.63) is 30.3 Å². The normalized spacial score (nSPS) is 19.4. The van der Waals surface area contributed by atoms with Crippen LogP contribution in [-0.4, -0.2) is 43.9 Å². The van der Waals surface area contributed by atoms with Gasteiger partial charge in [-0.15, -0.1) is 0 Å². The zero-order valence-electron chi connectivity index (χ0n) is 12.5. The fourth-order valence-electron chi connectivity index (χ4n) is 2.11. The largest absolute Gasteiger partial charge is 0.491 e. The molecule has 19 heavy (non-hydrogen) atoms. The van der Waals surface area contributed by atoms with E-state index in [1.165, 1.54) is 6.42 Å². The Morgan fingerprint density at radius 2 is 2.00 bits per heavy atom. The summed E-state index contributed by atoms with van der Waals surface area (Å²) in [7, 11) is 0. The van der Waals surface area contributed by atoms with Gasteiger partial charge in [0, 0.05) is 13.1 Å². The molecule has 0 radical (unpaired) electrons. The highest BCUT2D eigenvalue weighted by Gasteiger charge is 2.20. The average molecular weight is 265 g/mol. The molecule has 3 nitrogen and oxygen atoms in total. The lowest BCUT2D eigenvalue weighted by molar-refractivity contribution is -0.0477. The van der Waals surface area contributed by atoms with Crippen molar-refractivity contribution in [3.8, 4) is 5.75 Å². The first-order chi connectivity index (χ1) is 9.38. The third-order valence-electron chi connectivity index (χ3n) is 2.94. The van der Waals surface area contributed by atoms with Crippen LogP contribution in [0.1, 0.15) is 27.2 Å². The van der Waals surface area contributed by atoms with Crippen LogP contribution in [0.25, 0.3) is 0 Å². The van der Waals surface area contributed by atoms with Crippen LogP contribution in [0.15, 0.2) is 30.3 Å². The third-order valence-corrected chi connectivity index (χ3v) is 2.94. The van der Waals surface area contributed by atoms with Crippen LogP contribution in [-0.2, 0) is 4.74 Å². The van der Waals surface area contributed by atoms with Gasteiger partial charge in [-0.05, 0) is 25.1 Å². The Balaban J connectivity index is 0.000000861. The Kier molecular flexibility index (Phi) is 8.26. The number of hydrogen-bond donors (Lipinski definition) is 0. The van der Waals surface area contributed by atoms with Gasteiger partial charge in [-0.3, -0.25) is 4.90 Å². The maximum absolute atomic E-state index is 5.72. The van der Waals surface area contributed by atoms with Crippen molar-refractivity contribution >= 4 is 0 Å². The van der Waals surface area contributed by atoms with Gasteiger partial charge in [0.1, 0.15) is 18.5 Å². The SMILES string of the molecule is CC.CCCN1CCOC(COc2ccccc2)C1. The summed E-state index contributed by atoms with van der Waals surface area (Å²) < 4.78 is 11.4. The van der Waals surface area contributed by atoms with Crippen molar-refractivity contribution in [1.29, 1.82) is 0 Å². The fraction of sp³-hybridized carbons (Fsp3) is 0.625. The summed E-state index contributed by atoms with van der Waals surface area (Å²) in [5.74, 6) is 0.920. The fourth-order valence-corrected chi connectivity index (χ4v) is 2.11. The number of rotatable bonds is 5. The van der Waals surface area contributed by atoms with Gasteiger partial charge in [-0.25, -0.2) is 0 Å². The standard InChI is InChI=1S/C14H21NO2.C2H6/c1-2-8-15-9-10-16-14(11-15)12-17-13-6-4-3-5-7-13;1-2/h3-7,14H,2,8-12H2,1H3;1-2H3. The summed E-state index contributed by atoms with van der Waals surface area (Å²) in [4.78, 5) is 2.45. The zero-order chi connectivity index (χ0) is 13.9. The minimum absolute atomic E-state index is 0.204. The predicted molar refractivity (Wildman–Crippen MR) is 79.8 cm³/mol. The monoisotopic (exact) mass is 265 g/mol. The van der Waals surface area contributed by atoms with Crippen molar-refractivity contribution in [2.45, 2.75) is 33.3 Å². The lowest BCUT2D eigenvalue weighted by Gasteiger charge is -2.32. The Morgan fingerprint density at radius 3 is 2.68 bits per heavy atom. The third kappa shape index (κ3) is 6.08. The molecule has 108 valence electrons. The lowest BCUT2D eigenvalue weighted by Crippen LogP contribution is -2.45. The van der Waals surface area contributed by atoms with Crippen molar-refractivity contribution in [2.75, 3.05) is 32.8 Å². The topological polar surface area (TPSA) is 21.7 Å². The van der Waals surface area contributed by atoms with E-state index in [0.29, 0.717) is 6.61 Å². The van der Waals surface area contributed by atoms with Crippen LogP contribution in [0.4, 0.5) is 0 Å². The molecular weight excluding hydrogens is 238 g/mol. The minimum atomic E-state index is 0.204. The van der Waals surface area contributed by atoms with Crippen molar-refractivity contribution < 1.29 is 9.47 Å². The molecule has 1 aliphatic heterocycles. The van der Waals surface area contributed by atoms with E-state index in [-0.39, 0.29) is 6.10 Å². The number of ether oxygens (including phenoxy) is 2. The van der Waals surface area contributed by atoms with Crippen molar-refractivity contribution in [3.63, 3.8) is 0 Å². The molecular formula is C16H27NO2. The van der Waals surface area contributed by atoms with Gasteiger partial charge >= 0.3 is 0 Å². The van der Waals surface area contributed by atoms with E-state index in [4.69, 9.17) is 9.47 Å². The molecule has 2 rings (SSSR count). The molecule has 1 heterocycles. The van der Waals surface area contributed by atoms with Crippen LogP contribution in [0.5, 0.6) is 5.75 Å². The molecule has 1 fully saturated rings. The van der Waals surface area contributed by atoms with E-state index < -0.39 is 0 Å². The summed E-state index contributed by atoms with van der Waals surface area (Å²) in [5, 5.41) is 0. The van der Waals surface area contributed by atoms with Gasteiger partial charge in [0.15, 0.2) is 0 Å². The highest BCUT2D eigenvalue weighted by atomic mass is 16.5. The van der Waals surface area contributed by atoms with Gasteiger partial charge in [0.05, 0.1) is 6.61 Å². The van der Waals surface area contributed by atoms with Gasteiger partial charge < -0.3 is 9.47 Å². The Labute approximate surface area is 117 Å². The van der Waals surface area contributed by atoms with Crippen LogP contribution in [0.3, 0.4) is 0 Å². The highest BCUT2D eigenvalue weighted by molar-refractivity contribution is 5.20. The number of benzene rings is 1. The molecule has 0 N–H and O–H groups in total. The van der Waals surface area contributed by atoms with E-state index >= 15 is 0 Å². The molecule has 1 saturated heterocycles. The summed E-state index contributed by atoms with van der Waals surface area (Å²) in [5.41, 5.74) is 0. The van der Waals surface area contributed by atoms with E-state index in [2.05, 4.69) is 11.8 Å². The molecule has 1 atom stereocenters. The maximum Gasteiger partial charge on any atom is 0.119 e. The van der Waals surface area contributed by atoms with Gasteiger partial charge in [-0.1, -0.05) is 39.0 Å². The van der Waals surface area contributed by atoms with E-state index in [0.717, 1.165) is 32.0 Å². The Bertz CT molecular complexity index is 314. The Hall–Kier alpha value is -1.06. The number of para-hydroxylation sites is 1. The van der Waals surface area contributed by atoms with Crippen LogP contribution in [0.2, 0.25) is 0 Å².